The van der Waals surface area contributed by atoms with E-state index in [-0.39, 0.29) is 12.5 Å². The molecule has 1 aliphatic heterocycles. The van der Waals surface area contributed by atoms with Crippen molar-refractivity contribution in [1.29, 1.82) is 0 Å². The SMILES string of the molecule is CN1C[C@@H](C(C)(O)C(N)=O)C(=O)N(CC2CC2)c2ccccc21. The Kier molecular flexibility index (Phi) is 3.80. The van der Waals surface area contributed by atoms with Crippen molar-refractivity contribution in [3.8, 4) is 0 Å². The average Bonchev–Trinajstić information content (AvgIpc) is 3.33. The fraction of sp³-hybridized carbons (Fsp3) is 0.529. The molecule has 0 aromatic heterocycles. The van der Waals surface area contributed by atoms with Crippen LogP contribution in [0.2, 0.25) is 0 Å². The summed E-state index contributed by atoms with van der Waals surface area (Å²) in [6, 6.07) is 7.67. The molecule has 1 aromatic carbocycles. The van der Waals surface area contributed by atoms with Crippen molar-refractivity contribution in [2.75, 3.05) is 29.9 Å². The van der Waals surface area contributed by atoms with E-state index in [0.717, 1.165) is 24.2 Å². The van der Waals surface area contributed by atoms with Gasteiger partial charge in [0.05, 0.1) is 17.3 Å². The Bertz CT molecular complexity index is 640. The molecule has 6 nitrogen and oxygen atoms in total. The van der Waals surface area contributed by atoms with Crippen LogP contribution in [-0.4, -0.2) is 42.7 Å². The van der Waals surface area contributed by atoms with Crippen molar-refractivity contribution in [3.05, 3.63) is 24.3 Å². The molecule has 1 unspecified atom stereocenters. The highest BCUT2D eigenvalue weighted by Gasteiger charge is 2.47. The van der Waals surface area contributed by atoms with Crippen LogP contribution in [0.4, 0.5) is 11.4 Å². The van der Waals surface area contributed by atoms with Gasteiger partial charge in [0.1, 0.15) is 0 Å². The van der Waals surface area contributed by atoms with Gasteiger partial charge in [0.2, 0.25) is 11.8 Å². The molecule has 1 aromatic rings. The molecule has 2 aliphatic rings. The molecule has 3 N–H and O–H groups in total. The van der Waals surface area contributed by atoms with Gasteiger partial charge >= 0.3 is 0 Å². The molecule has 2 amide bonds. The van der Waals surface area contributed by atoms with E-state index in [4.69, 9.17) is 5.73 Å². The number of nitrogens with two attached hydrogens (primary N) is 1. The van der Waals surface area contributed by atoms with Crippen LogP contribution >= 0.6 is 0 Å². The number of carbonyl (C=O) groups excluding carboxylic acids is 2. The molecule has 3 rings (SSSR count). The number of benzene rings is 1. The van der Waals surface area contributed by atoms with E-state index in [9.17, 15) is 14.7 Å². The molecular weight excluding hydrogens is 294 g/mol. The maximum Gasteiger partial charge on any atom is 0.250 e. The van der Waals surface area contributed by atoms with Crippen LogP contribution in [0, 0.1) is 11.8 Å². The van der Waals surface area contributed by atoms with Gasteiger partial charge in [0.25, 0.3) is 0 Å². The van der Waals surface area contributed by atoms with Gasteiger partial charge in [0, 0.05) is 20.1 Å². The van der Waals surface area contributed by atoms with E-state index in [0.29, 0.717) is 12.5 Å². The first-order chi connectivity index (χ1) is 10.8. The number of primary amides is 1. The number of para-hydroxylation sites is 2. The number of hydrogen-bond acceptors (Lipinski definition) is 4. The van der Waals surface area contributed by atoms with Gasteiger partial charge in [-0.1, -0.05) is 12.1 Å². The van der Waals surface area contributed by atoms with Crippen molar-refractivity contribution in [2.24, 2.45) is 17.6 Å². The summed E-state index contributed by atoms with van der Waals surface area (Å²) in [7, 11) is 1.86. The Labute approximate surface area is 135 Å². The fourth-order valence-electron chi connectivity index (χ4n) is 3.11. The summed E-state index contributed by atoms with van der Waals surface area (Å²) in [6.45, 7) is 2.19. The highest BCUT2D eigenvalue weighted by Crippen LogP contribution is 2.39. The number of amides is 2. The smallest absolute Gasteiger partial charge is 0.250 e. The van der Waals surface area contributed by atoms with Crippen LogP contribution < -0.4 is 15.5 Å². The Morgan fingerprint density at radius 1 is 1.35 bits per heavy atom. The summed E-state index contributed by atoms with van der Waals surface area (Å²) in [5.41, 5.74) is 5.21. The zero-order valence-corrected chi connectivity index (χ0v) is 13.5. The van der Waals surface area contributed by atoms with Crippen LogP contribution in [0.15, 0.2) is 24.3 Å². The van der Waals surface area contributed by atoms with Crippen LogP contribution in [0.3, 0.4) is 0 Å². The number of anilines is 2. The van der Waals surface area contributed by atoms with Crippen molar-refractivity contribution >= 4 is 23.2 Å². The van der Waals surface area contributed by atoms with E-state index < -0.39 is 17.4 Å². The molecule has 1 heterocycles. The third kappa shape index (κ3) is 2.79. The molecule has 1 saturated carbocycles. The number of rotatable bonds is 4. The van der Waals surface area contributed by atoms with Crippen molar-refractivity contribution < 1.29 is 14.7 Å². The standard InChI is InChI=1S/C17H23N3O3/c1-17(23,16(18)22)12-10-19(2)13-5-3-4-6-14(13)20(15(12)21)9-11-7-8-11/h3-6,11-12,23H,7-10H2,1-2H3,(H2,18,22)/t12-,17?/m1/s1. The Morgan fingerprint density at radius 2 is 1.96 bits per heavy atom. The lowest BCUT2D eigenvalue weighted by Gasteiger charge is -2.32. The van der Waals surface area contributed by atoms with E-state index in [1.54, 1.807) is 4.90 Å². The van der Waals surface area contributed by atoms with Crippen molar-refractivity contribution in [2.45, 2.75) is 25.4 Å². The minimum Gasteiger partial charge on any atom is -0.379 e. The first kappa shape index (κ1) is 15.8. The predicted octanol–water partition coefficient (Wildman–Crippen LogP) is 0.732. The zero-order valence-electron chi connectivity index (χ0n) is 13.5. The lowest BCUT2D eigenvalue weighted by atomic mass is 9.87. The average molecular weight is 317 g/mol. The highest BCUT2D eigenvalue weighted by molar-refractivity contribution is 6.03. The van der Waals surface area contributed by atoms with Gasteiger partial charge in [-0.15, -0.1) is 0 Å². The molecule has 1 aliphatic carbocycles. The van der Waals surface area contributed by atoms with Crippen molar-refractivity contribution in [1.82, 2.24) is 0 Å². The van der Waals surface area contributed by atoms with E-state index >= 15 is 0 Å². The van der Waals surface area contributed by atoms with Gasteiger partial charge < -0.3 is 20.6 Å². The summed E-state index contributed by atoms with van der Waals surface area (Å²) in [5, 5.41) is 10.5. The molecule has 124 valence electrons. The predicted molar refractivity (Wildman–Crippen MR) is 88.1 cm³/mol. The molecule has 0 saturated heterocycles. The molecule has 6 heteroatoms. The second kappa shape index (κ2) is 5.53. The second-order valence-electron chi connectivity index (χ2n) is 6.83. The van der Waals surface area contributed by atoms with Gasteiger partial charge in [0.15, 0.2) is 5.60 Å². The molecule has 1 fully saturated rings. The Morgan fingerprint density at radius 3 is 2.52 bits per heavy atom. The minimum absolute atomic E-state index is 0.238. The van der Waals surface area contributed by atoms with Crippen LogP contribution in [0.1, 0.15) is 19.8 Å². The first-order valence-electron chi connectivity index (χ1n) is 7.96. The summed E-state index contributed by atoms with van der Waals surface area (Å²) in [4.78, 5) is 28.4. The molecule has 0 bridgehead atoms. The Hall–Kier alpha value is -2.08. The first-order valence-corrected chi connectivity index (χ1v) is 7.96. The van der Waals surface area contributed by atoms with Crippen LogP contribution in [0.25, 0.3) is 0 Å². The zero-order chi connectivity index (χ0) is 16.8. The summed E-state index contributed by atoms with van der Waals surface area (Å²) >= 11 is 0. The van der Waals surface area contributed by atoms with Crippen LogP contribution in [0.5, 0.6) is 0 Å². The number of aliphatic hydroxyl groups is 1. The summed E-state index contributed by atoms with van der Waals surface area (Å²) in [6.07, 6.45) is 2.22. The van der Waals surface area contributed by atoms with E-state index in [2.05, 4.69) is 0 Å². The monoisotopic (exact) mass is 317 g/mol. The second-order valence-corrected chi connectivity index (χ2v) is 6.83. The lowest BCUT2D eigenvalue weighted by molar-refractivity contribution is -0.146. The lowest BCUT2D eigenvalue weighted by Crippen LogP contribution is -2.56. The van der Waals surface area contributed by atoms with E-state index in [1.165, 1.54) is 6.92 Å². The summed E-state index contributed by atoms with van der Waals surface area (Å²) in [5.74, 6) is -1.51. The molecule has 2 atom stereocenters. The normalized spacial score (nSPS) is 24.0. The van der Waals surface area contributed by atoms with Crippen LogP contribution in [-0.2, 0) is 9.59 Å². The third-order valence-corrected chi connectivity index (χ3v) is 4.92. The van der Waals surface area contributed by atoms with Crippen molar-refractivity contribution in [3.63, 3.8) is 0 Å². The molecule has 23 heavy (non-hydrogen) atoms. The third-order valence-electron chi connectivity index (χ3n) is 4.92. The molecular formula is C17H23N3O3. The maximum atomic E-state index is 13.1. The van der Waals surface area contributed by atoms with Gasteiger partial charge in [-0.3, -0.25) is 9.59 Å². The summed E-state index contributed by atoms with van der Waals surface area (Å²) < 4.78 is 0. The highest BCUT2D eigenvalue weighted by atomic mass is 16.3. The van der Waals surface area contributed by atoms with Gasteiger partial charge in [-0.05, 0) is 37.8 Å². The largest absolute Gasteiger partial charge is 0.379 e. The van der Waals surface area contributed by atoms with Gasteiger partial charge in [-0.2, -0.15) is 0 Å². The number of hydrogen-bond donors (Lipinski definition) is 2. The van der Waals surface area contributed by atoms with Gasteiger partial charge in [-0.25, -0.2) is 0 Å². The quantitative estimate of drug-likeness (QED) is 0.857. The number of nitrogens with zero attached hydrogens (tertiary/aromatic N) is 2. The molecule has 0 spiro atoms. The number of fused-ring (bicyclic) bond motifs is 1. The van der Waals surface area contributed by atoms with E-state index in [1.807, 2.05) is 36.2 Å². The number of carbonyl (C=O) groups is 2. The fourth-order valence-corrected chi connectivity index (χ4v) is 3.11. The Balaban J connectivity index is 2.05. The maximum absolute atomic E-state index is 13.1. The minimum atomic E-state index is -1.88. The topological polar surface area (TPSA) is 86.9 Å². The molecule has 0 radical (unpaired) electrons.